The van der Waals surface area contributed by atoms with Crippen LogP contribution in [0, 0.1) is 6.92 Å². The first kappa shape index (κ1) is 21.1. The summed E-state index contributed by atoms with van der Waals surface area (Å²) in [5, 5.41) is 4.33. The Labute approximate surface area is 199 Å². The molecule has 0 radical (unpaired) electrons. The predicted octanol–water partition coefficient (Wildman–Crippen LogP) is 4.17. The molecule has 1 N–H and O–H groups in total. The fraction of sp³-hybridized carbons (Fsp3) is 0.269. The summed E-state index contributed by atoms with van der Waals surface area (Å²) in [6.07, 6.45) is 2.33. The van der Waals surface area contributed by atoms with Crippen LogP contribution in [0.4, 0.5) is 0 Å². The van der Waals surface area contributed by atoms with E-state index in [4.69, 9.17) is 4.74 Å². The Morgan fingerprint density at radius 2 is 1.88 bits per heavy atom. The summed E-state index contributed by atoms with van der Waals surface area (Å²) in [7, 11) is 0. The molecular formula is C26H24N4O3S. The van der Waals surface area contributed by atoms with Crippen molar-refractivity contribution in [3.63, 3.8) is 0 Å². The minimum Gasteiger partial charge on any atom is -0.376 e. The molecule has 172 valence electrons. The highest BCUT2D eigenvalue weighted by atomic mass is 32.1. The molecule has 4 heterocycles. The average molecular weight is 473 g/mol. The van der Waals surface area contributed by atoms with Crippen molar-refractivity contribution in [1.82, 2.24) is 19.3 Å². The highest BCUT2D eigenvalue weighted by Crippen LogP contribution is 2.26. The van der Waals surface area contributed by atoms with E-state index in [1.54, 1.807) is 4.57 Å². The standard InChI is InChI=1S/C26H24N4O3S/c1-16-22-23(28-30(25(22)32)26-27-20-11-5-6-12-21(20)34-26)19(14-17-8-3-2-4-9-17)24(31)29(16)15-18-10-7-13-33-18/h2-6,8-9,11-12,18,28H,7,10,13-15H2,1H3. The Morgan fingerprint density at radius 3 is 2.65 bits per heavy atom. The monoisotopic (exact) mass is 472 g/mol. The summed E-state index contributed by atoms with van der Waals surface area (Å²) in [4.78, 5) is 32.1. The van der Waals surface area contributed by atoms with Crippen LogP contribution in [0.2, 0.25) is 0 Å². The van der Waals surface area contributed by atoms with Crippen LogP contribution in [0.3, 0.4) is 0 Å². The minimum absolute atomic E-state index is 0.0103. The molecule has 2 aromatic carbocycles. The van der Waals surface area contributed by atoms with Gasteiger partial charge in [-0.15, -0.1) is 0 Å². The van der Waals surface area contributed by atoms with E-state index in [-0.39, 0.29) is 17.2 Å². The largest absolute Gasteiger partial charge is 0.376 e. The molecule has 1 fully saturated rings. The minimum atomic E-state index is -0.193. The van der Waals surface area contributed by atoms with E-state index < -0.39 is 0 Å². The van der Waals surface area contributed by atoms with Gasteiger partial charge in [-0.3, -0.25) is 14.7 Å². The number of benzene rings is 2. The molecule has 0 saturated carbocycles. The van der Waals surface area contributed by atoms with Gasteiger partial charge in [0.1, 0.15) is 0 Å². The van der Waals surface area contributed by atoms with Crippen LogP contribution in [-0.4, -0.2) is 32.0 Å². The number of fused-ring (bicyclic) bond motifs is 2. The third-order valence-electron chi connectivity index (χ3n) is 6.57. The fourth-order valence-electron chi connectivity index (χ4n) is 4.81. The summed E-state index contributed by atoms with van der Waals surface area (Å²) in [6, 6.07) is 17.7. The van der Waals surface area contributed by atoms with E-state index in [1.165, 1.54) is 16.0 Å². The number of ether oxygens (including phenoxy) is 1. The highest BCUT2D eigenvalue weighted by molar-refractivity contribution is 7.20. The van der Waals surface area contributed by atoms with Gasteiger partial charge in [0.2, 0.25) is 5.13 Å². The molecule has 34 heavy (non-hydrogen) atoms. The molecule has 1 saturated heterocycles. The average Bonchev–Trinajstić information content (AvgIpc) is 3.59. The number of para-hydroxylation sites is 1. The van der Waals surface area contributed by atoms with E-state index in [0.29, 0.717) is 46.9 Å². The van der Waals surface area contributed by atoms with Crippen molar-refractivity contribution in [2.75, 3.05) is 6.61 Å². The molecule has 0 bridgehead atoms. The molecule has 5 aromatic rings. The lowest BCUT2D eigenvalue weighted by atomic mass is 10.0. The van der Waals surface area contributed by atoms with Crippen LogP contribution in [0.5, 0.6) is 0 Å². The van der Waals surface area contributed by atoms with Gasteiger partial charge in [0.25, 0.3) is 11.1 Å². The van der Waals surface area contributed by atoms with Crippen molar-refractivity contribution in [2.24, 2.45) is 0 Å². The second kappa shape index (κ2) is 8.38. The lowest BCUT2D eigenvalue weighted by Gasteiger charge is -2.17. The number of nitrogens with one attached hydrogen (secondary N) is 1. The predicted molar refractivity (Wildman–Crippen MR) is 134 cm³/mol. The number of H-pyrrole nitrogens is 1. The van der Waals surface area contributed by atoms with Gasteiger partial charge in [0.15, 0.2) is 0 Å². The number of nitrogens with zero attached hydrogens (tertiary/aromatic N) is 3. The Kier molecular flexibility index (Phi) is 5.19. The van der Waals surface area contributed by atoms with Gasteiger partial charge in [0, 0.05) is 24.3 Å². The SMILES string of the molecule is Cc1c2c(=O)n(-c3nc4ccccc4s3)[nH]c2c(Cc2ccccc2)c(=O)n1CC1CCCO1. The number of rotatable bonds is 5. The summed E-state index contributed by atoms with van der Waals surface area (Å²) in [6.45, 7) is 3.02. The van der Waals surface area contributed by atoms with Crippen LogP contribution in [0.15, 0.2) is 64.2 Å². The quantitative estimate of drug-likeness (QED) is 0.416. The number of pyridine rings is 1. The lowest BCUT2D eigenvalue weighted by molar-refractivity contribution is 0.0957. The number of aromatic amines is 1. The van der Waals surface area contributed by atoms with Crippen molar-refractivity contribution < 1.29 is 4.74 Å². The summed E-state index contributed by atoms with van der Waals surface area (Å²) in [5.74, 6) is 0. The fourth-order valence-corrected chi connectivity index (χ4v) is 5.74. The second-order valence-corrected chi connectivity index (χ2v) is 9.75. The molecule has 6 rings (SSSR count). The Balaban J connectivity index is 1.58. The molecule has 7 nitrogen and oxygen atoms in total. The van der Waals surface area contributed by atoms with Crippen molar-refractivity contribution in [2.45, 2.75) is 38.8 Å². The van der Waals surface area contributed by atoms with Gasteiger partial charge >= 0.3 is 0 Å². The van der Waals surface area contributed by atoms with Crippen molar-refractivity contribution >= 4 is 32.5 Å². The number of hydrogen-bond acceptors (Lipinski definition) is 5. The Hall–Kier alpha value is -3.49. The number of hydrogen-bond donors (Lipinski definition) is 1. The molecule has 0 spiro atoms. The zero-order valence-electron chi connectivity index (χ0n) is 18.8. The first-order chi connectivity index (χ1) is 16.6. The van der Waals surface area contributed by atoms with Gasteiger partial charge in [-0.05, 0) is 37.5 Å². The maximum Gasteiger partial charge on any atom is 0.282 e. The van der Waals surface area contributed by atoms with E-state index >= 15 is 0 Å². The van der Waals surface area contributed by atoms with Gasteiger partial charge in [-0.1, -0.05) is 53.8 Å². The highest BCUT2D eigenvalue weighted by Gasteiger charge is 2.24. The van der Waals surface area contributed by atoms with Gasteiger partial charge in [-0.25, -0.2) is 4.98 Å². The van der Waals surface area contributed by atoms with Crippen molar-refractivity contribution in [3.05, 3.63) is 92.1 Å². The summed E-state index contributed by atoms with van der Waals surface area (Å²) < 4.78 is 10.0. The van der Waals surface area contributed by atoms with Crippen LogP contribution in [0.25, 0.3) is 26.3 Å². The summed E-state index contributed by atoms with van der Waals surface area (Å²) >= 11 is 1.45. The first-order valence-corrected chi connectivity index (χ1v) is 12.3. The molecule has 0 aliphatic carbocycles. The third-order valence-corrected chi connectivity index (χ3v) is 7.59. The molecule has 3 aromatic heterocycles. The zero-order chi connectivity index (χ0) is 23.2. The smallest absolute Gasteiger partial charge is 0.282 e. The van der Waals surface area contributed by atoms with E-state index in [0.717, 1.165) is 28.6 Å². The Morgan fingerprint density at radius 1 is 1.09 bits per heavy atom. The van der Waals surface area contributed by atoms with Gasteiger partial charge < -0.3 is 9.30 Å². The topological polar surface area (TPSA) is 81.9 Å². The molecule has 1 aliphatic rings. The molecule has 8 heteroatoms. The molecule has 0 amide bonds. The van der Waals surface area contributed by atoms with Crippen molar-refractivity contribution in [3.8, 4) is 5.13 Å². The molecular weight excluding hydrogens is 448 g/mol. The van der Waals surface area contributed by atoms with Gasteiger partial charge in [-0.2, -0.15) is 4.68 Å². The van der Waals surface area contributed by atoms with Crippen LogP contribution < -0.4 is 11.1 Å². The van der Waals surface area contributed by atoms with Crippen molar-refractivity contribution in [1.29, 1.82) is 0 Å². The lowest BCUT2D eigenvalue weighted by Crippen LogP contribution is -2.31. The number of aryl methyl sites for hydroxylation is 1. The molecule has 1 atom stereocenters. The van der Waals surface area contributed by atoms with Crippen LogP contribution >= 0.6 is 11.3 Å². The first-order valence-electron chi connectivity index (χ1n) is 11.5. The van der Waals surface area contributed by atoms with Crippen LogP contribution in [-0.2, 0) is 17.7 Å². The number of aromatic nitrogens is 4. The Bertz CT molecular complexity index is 1590. The molecule has 1 unspecified atom stereocenters. The maximum absolute atomic E-state index is 13.8. The van der Waals surface area contributed by atoms with E-state index in [1.807, 2.05) is 61.5 Å². The molecule has 1 aliphatic heterocycles. The van der Waals surface area contributed by atoms with E-state index in [2.05, 4.69) is 10.1 Å². The van der Waals surface area contributed by atoms with E-state index in [9.17, 15) is 9.59 Å². The van der Waals surface area contributed by atoms with Crippen LogP contribution in [0.1, 0.15) is 29.7 Å². The summed E-state index contributed by atoms with van der Waals surface area (Å²) in [5.41, 5.74) is 3.41. The maximum atomic E-state index is 13.8. The second-order valence-electron chi connectivity index (χ2n) is 8.74. The zero-order valence-corrected chi connectivity index (χ0v) is 19.6. The normalized spacial score (nSPS) is 16.1. The van der Waals surface area contributed by atoms with Gasteiger partial charge in [0.05, 0.1) is 33.8 Å². The number of thiazole rings is 1. The third kappa shape index (κ3) is 3.50.